The van der Waals surface area contributed by atoms with Crippen LogP contribution in [0.1, 0.15) is 45.9 Å². The van der Waals surface area contributed by atoms with Crippen LogP contribution in [0.25, 0.3) is 22.0 Å². The molecule has 0 radical (unpaired) electrons. The lowest BCUT2D eigenvalue weighted by Crippen LogP contribution is -2.29. The highest BCUT2D eigenvalue weighted by Gasteiger charge is 2.33. The summed E-state index contributed by atoms with van der Waals surface area (Å²) in [4.78, 5) is 18.1. The van der Waals surface area contributed by atoms with Gasteiger partial charge in [0, 0.05) is 57.0 Å². The minimum atomic E-state index is -0.721. The summed E-state index contributed by atoms with van der Waals surface area (Å²) >= 11 is 1.76. The van der Waals surface area contributed by atoms with E-state index in [1.807, 2.05) is 44.3 Å². The SMILES string of the molecule is COC(=O)C(C)(C)Cc1c(SC(C)(C)C)c2cc(O)ccc2n1Cc1ccc(-c2ccc(OC)nc2)cc1. The summed E-state index contributed by atoms with van der Waals surface area (Å²) in [7, 11) is 3.04. The molecular formula is C31H36N2O4S. The first-order valence-electron chi connectivity index (χ1n) is 12.6. The predicted molar refractivity (Wildman–Crippen MR) is 154 cm³/mol. The minimum absolute atomic E-state index is 0.0667. The molecule has 0 fully saturated rings. The number of hydrogen-bond donors (Lipinski definition) is 1. The van der Waals surface area contributed by atoms with Crippen molar-refractivity contribution in [3.05, 3.63) is 72.1 Å². The van der Waals surface area contributed by atoms with Crippen molar-refractivity contribution in [2.24, 2.45) is 5.41 Å². The Balaban J connectivity index is 1.80. The van der Waals surface area contributed by atoms with Gasteiger partial charge in [-0.3, -0.25) is 4.79 Å². The summed E-state index contributed by atoms with van der Waals surface area (Å²) in [5.41, 5.74) is 4.58. The van der Waals surface area contributed by atoms with E-state index >= 15 is 0 Å². The highest BCUT2D eigenvalue weighted by Crippen LogP contribution is 2.44. The van der Waals surface area contributed by atoms with Crippen molar-refractivity contribution in [3.8, 4) is 22.8 Å². The number of hydrogen-bond acceptors (Lipinski definition) is 6. The summed E-state index contributed by atoms with van der Waals surface area (Å²) in [6.45, 7) is 11.0. The number of pyridine rings is 1. The van der Waals surface area contributed by atoms with Gasteiger partial charge in [-0.25, -0.2) is 4.98 Å². The van der Waals surface area contributed by atoms with Crippen molar-refractivity contribution in [1.82, 2.24) is 9.55 Å². The number of thioether (sulfide) groups is 1. The van der Waals surface area contributed by atoms with E-state index < -0.39 is 5.41 Å². The monoisotopic (exact) mass is 532 g/mol. The number of fused-ring (bicyclic) bond motifs is 1. The van der Waals surface area contributed by atoms with Crippen molar-refractivity contribution < 1.29 is 19.4 Å². The number of nitrogens with zero attached hydrogens (tertiary/aromatic N) is 2. The van der Waals surface area contributed by atoms with Crippen molar-refractivity contribution in [2.45, 2.75) is 57.2 Å². The number of esters is 1. The van der Waals surface area contributed by atoms with Gasteiger partial charge in [0.05, 0.1) is 19.6 Å². The van der Waals surface area contributed by atoms with Crippen LogP contribution in [0.15, 0.2) is 65.7 Å². The Morgan fingerprint density at radius 1 is 0.974 bits per heavy atom. The van der Waals surface area contributed by atoms with Crippen LogP contribution < -0.4 is 4.74 Å². The Bertz CT molecular complexity index is 1430. The molecule has 0 aliphatic carbocycles. The van der Waals surface area contributed by atoms with E-state index in [2.05, 4.69) is 54.6 Å². The fraction of sp³-hybridized carbons (Fsp3) is 0.355. The quantitative estimate of drug-likeness (QED) is 0.193. The molecule has 2 heterocycles. The molecule has 0 bridgehead atoms. The molecular weight excluding hydrogens is 496 g/mol. The Hall–Kier alpha value is -3.45. The third-order valence-electron chi connectivity index (χ3n) is 6.43. The fourth-order valence-electron chi connectivity index (χ4n) is 4.57. The van der Waals surface area contributed by atoms with Crippen LogP contribution in [0.2, 0.25) is 0 Å². The summed E-state index contributed by atoms with van der Waals surface area (Å²) in [6, 6.07) is 17.8. The minimum Gasteiger partial charge on any atom is -0.508 e. The van der Waals surface area contributed by atoms with E-state index in [0.29, 0.717) is 18.8 Å². The number of ether oxygens (including phenoxy) is 2. The molecule has 2 aromatic carbocycles. The fourth-order valence-corrected chi connectivity index (χ4v) is 5.75. The number of phenols is 1. The molecule has 0 aliphatic heterocycles. The number of rotatable bonds is 8. The number of carbonyl (C=O) groups excluding carboxylic acids is 1. The van der Waals surface area contributed by atoms with E-state index in [4.69, 9.17) is 9.47 Å². The topological polar surface area (TPSA) is 73.6 Å². The molecule has 0 unspecified atom stereocenters. The summed E-state index contributed by atoms with van der Waals surface area (Å²) < 4.78 is 12.5. The van der Waals surface area contributed by atoms with Gasteiger partial charge in [0.1, 0.15) is 5.75 Å². The smallest absolute Gasteiger partial charge is 0.311 e. The number of aromatic hydroxyl groups is 1. The zero-order valence-corrected chi connectivity index (χ0v) is 24.0. The van der Waals surface area contributed by atoms with Crippen LogP contribution in [-0.2, 0) is 22.5 Å². The molecule has 0 atom stereocenters. The van der Waals surface area contributed by atoms with Crippen molar-refractivity contribution in [2.75, 3.05) is 14.2 Å². The van der Waals surface area contributed by atoms with E-state index in [1.54, 1.807) is 24.9 Å². The van der Waals surface area contributed by atoms with Crippen LogP contribution >= 0.6 is 11.8 Å². The first kappa shape index (κ1) is 27.6. The molecule has 38 heavy (non-hydrogen) atoms. The number of benzene rings is 2. The van der Waals surface area contributed by atoms with Crippen LogP contribution in [0.5, 0.6) is 11.6 Å². The maximum Gasteiger partial charge on any atom is 0.311 e. The molecule has 1 N–H and O–H groups in total. The van der Waals surface area contributed by atoms with Gasteiger partial charge in [-0.15, -0.1) is 11.8 Å². The number of aromatic nitrogens is 2. The number of phenolic OH excluding ortho intramolecular Hbond substituents is 1. The molecule has 0 spiro atoms. The molecule has 0 saturated carbocycles. The maximum absolute atomic E-state index is 12.7. The van der Waals surface area contributed by atoms with Gasteiger partial charge in [0.2, 0.25) is 5.88 Å². The van der Waals surface area contributed by atoms with E-state index in [0.717, 1.165) is 38.2 Å². The zero-order chi connectivity index (χ0) is 27.7. The lowest BCUT2D eigenvalue weighted by Gasteiger charge is -2.25. The largest absolute Gasteiger partial charge is 0.508 e. The Kier molecular flexibility index (Phi) is 7.79. The van der Waals surface area contributed by atoms with Crippen LogP contribution in [0.3, 0.4) is 0 Å². The van der Waals surface area contributed by atoms with Gasteiger partial charge >= 0.3 is 5.97 Å². The van der Waals surface area contributed by atoms with Gasteiger partial charge in [-0.05, 0) is 49.2 Å². The first-order chi connectivity index (χ1) is 17.9. The van der Waals surface area contributed by atoms with Gasteiger partial charge in [-0.1, -0.05) is 45.0 Å². The molecule has 0 saturated heterocycles. The Morgan fingerprint density at radius 2 is 1.66 bits per heavy atom. The van der Waals surface area contributed by atoms with Gasteiger partial charge in [0.15, 0.2) is 0 Å². The Labute approximate surface area is 229 Å². The third kappa shape index (κ3) is 5.99. The summed E-state index contributed by atoms with van der Waals surface area (Å²) in [5, 5.41) is 11.4. The van der Waals surface area contributed by atoms with Gasteiger partial charge in [-0.2, -0.15) is 0 Å². The van der Waals surface area contributed by atoms with Crippen molar-refractivity contribution >= 4 is 28.6 Å². The second-order valence-corrected chi connectivity index (χ2v) is 13.0. The molecule has 4 rings (SSSR count). The van der Waals surface area contributed by atoms with Gasteiger partial charge in [0.25, 0.3) is 0 Å². The second-order valence-electron chi connectivity index (χ2n) is 11.1. The van der Waals surface area contributed by atoms with Crippen molar-refractivity contribution in [1.29, 1.82) is 0 Å². The third-order valence-corrected chi connectivity index (χ3v) is 7.70. The highest BCUT2D eigenvalue weighted by atomic mass is 32.2. The van der Waals surface area contributed by atoms with E-state index in [-0.39, 0.29) is 16.5 Å². The van der Waals surface area contributed by atoms with E-state index in [9.17, 15) is 9.90 Å². The average molecular weight is 533 g/mol. The zero-order valence-electron chi connectivity index (χ0n) is 23.2. The van der Waals surface area contributed by atoms with Crippen LogP contribution in [0.4, 0.5) is 0 Å². The highest BCUT2D eigenvalue weighted by molar-refractivity contribution is 8.00. The second kappa shape index (κ2) is 10.7. The molecule has 2 aromatic heterocycles. The maximum atomic E-state index is 12.7. The normalized spacial score (nSPS) is 12.1. The lowest BCUT2D eigenvalue weighted by atomic mass is 9.87. The molecule has 6 nitrogen and oxygen atoms in total. The van der Waals surface area contributed by atoms with Crippen molar-refractivity contribution in [3.63, 3.8) is 0 Å². The lowest BCUT2D eigenvalue weighted by molar-refractivity contribution is -0.150. The summed E-state index contributed by atoms with van der Waals surface area (Å²) in [6.07, 6.45) is 2.31. The predicted octanol–water partition coefficient (Wildman–Crippen LogP) is 7.10. The summed E-state index contributed by atoms with van der Waals surface area (Å²) in [5.74, 6) is 0.560. The average Bonchev–Trinajstić information content (AvgIpc) is 3.13. The molecule has 7 heteroatoms. The molecule has 200 valence electrons. The Morgan fingerprint density at radius 3 is 2.24 bits per heavy atom. The molecule has 0 aliphatic rings. The molecule has 0 amide bonds. The number of carbonyl (C=O) groups is 1. The van der Waals surface area contributed by atoms with Crippen LogP contribution in [0, 0.1) is 5.41 Å². The molecule has 4 aromatic rings. The number of methoxy groups -OCH3 is 2. The van der Waals surface area contributed by atoms with Gasteiger partial charge < -0.3 is 19.1 Å². The van der Waals surface area contributed by atoms with E-state index in [1.165, 1.54) is 7.11 Å². The first-order valence-corrected chi connectivity index (χ1v) is 13.4. The van der Waals surface area contributed by atoms with Crippen LogP contribution in [-0.4, -0.2) is 39.6 Å². The standard InChI is InChI=1S/C31H36N2O4S/c1-30(2,3)38-28-24-16-23(34)13-14-25(24)33(26(28)17-31(4,5)29(35)37-7)19-20-8-10-21(11-9-20)22-12-15-27(36-6)32-18-22/h8-16,18,34H,17,19H2,1-7H3.